The lowest BCUT2D eigenvalue weighted by Crippen LogP contribution is -2.53. The van der Waals surface area contributed by atoms with Gasteiger partial charge in [0, 0.05) is 56.3 Å². The lowest BCUT2D eigenvalue weighted by Gasteiger charge is -2.37. The summed E-state index contributed by atoms with van der Waals surface area (Å²) in [6, 6.07) is 13.0. The molecule has 1 fully saturated rings. The fraction of sp³-hybridized carbons (Fsp3) is 0.273. The van der Waals surface area contributed by atoms with E-state index in [0.717, 1.165) is 29.8 Å². The number of aromatic nitrogens is 3. The van der Waals surface area contributed by atoms with E-state index in [0.29, 0.717) is 18.1 Å². The third kappa shape index (κ3) is 4.09. The molecule has 4 rings (SSSR count). The number of pyridine rings is 1. The van der Waals surface area contributed by atoms with Crippen LogP contribution >= 0.6 is 0 Å². The van der Waals surface area contributed by atoms with Gasteiger partial charge in [-0.15, -0.1) is 0 Å². The number of rotatable bonds is 4. The number of likely N-dealkylation sites (N-methyl/N-ethyl adjacent to an activating group) is 1. The molecule has 148 valence electrons. The van der Waals surface area contributed by atoms with Crippen LogP contribution in [-0.2, 0) is 11.3 Å². The average Bonchev–Trinajstić information content (AvgIpc) is 2.75. The van der Waals surface area contributed by atoms with Gasteiger partial charge in [-0.25, -0.2) is 4.98 Å². The molecule has 0 bridgehead atoms. The first-order chi connectivity index (χ1) is 14.0. The van der Waals surface area contributed by atoms with Crippen LogP contribution in [0.5, 0.6) is 0 Å². The number of aromatic amines is 1. The molecule has 0 aliphatic carbocycles. The Morgan fingerprint density at radius 3 is 2.48 bits per heavy atom. The van der Waals surface area contributed by atoms with E-state index in [-0.39, 0.29) is 17.5 Å². The second-order valence-corrected chi connectivity index (χ2v) is 7.32. The van der Waals surface area contributed by atoms with Crippen molar-refractivity contribution < 1.29 is 4.79 Å². The molecule has 1 aliphatic rings. The van der Waals surface area contributed by atoms with Crippen molar-refractivity contribution in [1.29, 1.82) is 0 Å². The Balaban J connectivity index is 1.55. The van der Waals surface area contributed by atoms with Crippen molar-refractivity contribution in [2.45, 2.75) is 19.5 Å². The molecular weight excluding hydrogens is 366 g/mol. The molecule has 1 atom stereocenters. The predicted octanol–water partition coefficient (Wildman–Crippen LogP) is 2.16. The summed E-state index contributed by atoms with van der Waals surface area (Å²) in [7, 11) is 1.85. The minimum Gasteiger partial charge on any atom is -0.343 e. The lowest BCUT2D eigenvalue weighted by molar-refractivity contribution is -0.139. The Bertz CT molecular complexity index is 1060. The highest BCUT2D eigenvalue weighted by atomic mass is 16.2. The van der Waals surface area contributed by atoms with E-state index in [9.17, 15) is 9.59 Å². The summed E-state index contributed by atoms with van der Waals surface area (Å²) in [6.45, 7) is 4.26. The van der Waals surface area contributed by atoms with Crippen LogP contribution < -0.4 is 5.56 Å². The van der Waals surface area contributed by atoms with E-state index in [1.165, 1.54) is 6.07 Å². The zero-order chi connectivity index (χ0) is 20.4. The highest BCUT2D eigenvalue weighted by Gasteiger charge is 2.29. The van der Waals surface area contributed by atoms with E-state index in [4.69, 9.17) is 0 Å². The van der Waals surface area contributed by atoms with Gasteiger partial charge in [0.05, 0.1) is 11.7 Å². The van der Waals surface area contributed by atoms with Gasteiger partial charge in [-0.05, 0) is 24.6 Å². The third-order valence-corrected chi connectivity index (χ3v) is 5.33. The van der Waals surface area contributed by atoms with E-state index in [1.807, 2.05) is 50.4 Å². The second-order valence-electron chi connectivity index (χ2n) is 7.32. The molecule has 7 heteroatoms. The Labute approximate surface area is 169 Å². The number of benzene rings is 1. The number of H-pyrrole nitrogens is 1. The largest absolute Gasteiger partial charge is 0.343 e. The Kier molecular flexibility index (Phi) is 5.22. The Morgan fingerprint density at radius 2 is 1.76 bits per heavy atom. The summed E-state index contributed by atoms with van der Waals surface area (Å²) in [5, 5.41) is 0. The maximum atomic E-state index is 12.2. The summed E-state index contributed by atoms with van der Waals surface area (Å²) >= 11 is 0. The first kappa shape index (κ1) is 19.0. The predicted molar refractivity (Wildman–Crippen MR) is 111 cm³/mol. The van der Waals surface area contributed by atoms with Crippen molar-refractivity contribution >= 4 is 5.91 Å². The van der Waals surface area contributed by atoms with Crippen LogP contribution in [0.15, 0.2) is 59.7 Å². The number of hydrogen-bond acceptors (Lipinski definition) is 5. The maximum Gasteiger partial charge on any atom is 0.251 e. The Morgan fingerprint density at radius 1 is 1.03 bits per heavy atom. The normalized spacial score (nSPS) is 17.5. The third-order valence-electron chi connectivity index (χ3n) is 5.33. The van der Waals surface area contributed by atoms with Gasteiger partial charge in [0.1, 0.15) is 5.82 Å². The van der Waals surface area contributed by atoms with Gasteiger partial charge < -0.3 is 9.88 Å². The summed E-state index contributed by atoms with van der Waals surface area (Å²) in [4.78, 5) is 39.7. The molecule has 1 N–H and O–H groups in total. The van der Waals surface area contributed by atoms with Crippen LogP contribution in [0, 0.1) is 0 Å². The van der Waals surface area contributed by atoms with Crippen molar-refractivity contribution in [3.8, 4) is 22.6 Å². The molecule has 0 spiro atoms. The number of nitrogens with one attached hydrogen (secondary N) is 1. The van der Waals surface area contributed by atoms with Gasteiger partial charge >= 0.3 is 0 Å². The summed E-state index contributed by atoms with van der Waals surface area (Å²) in [5.74, 6) is 0.682. The van der Waals surface area contributed by atoms with Gasteiger partial charge in [0.15, 0.2) is 0 Å². The average molecular weight is 389 g/mol. The topological polar surface area (TPSA) is 82.2 Å². The molecule has 2 aromatic heterocycles. The number of piperazine rings is 1. The zero-order valence-electron chi connectivity index (χ0n) is 16.5. The molecule has 1 amide bonds. The fourth-order valence-corrected chi connectivity index (χ4v) is 3.54. The van der Waals surface area contributed by atoms with E-state index >= 15 is 0 Å². The van der Waals surface area contributed by atoms with Crippen molar-refractivity contribution in [1.82, 2.24) is 24.8 Å². The number of carbonyl (C=O) groups excluding carboxylic acids is 1. The standard InChI is InChI=1S/C22H23N5O2/c1-15-22(29)26(2)11-12-27(15)14-16-3-5-18(6-4-16)21-24-19(13-20(28)25-21)17-7-9-23-10-8-17/h3-10,13,15H,11-12,14H2,1-2H3,(H,24,25,28)/t15-/m1/s1. The lowest BCUT2D eigenvalue weighted by atomic mass is 10.1. The molecule has 3 heterocycles. The van der Waals surface area contributed by atoms with Crippen LogP contribution in [0.1, 0.15) is 12.5 Å². The molecule has 0 unspecified atom stereocenters. The molecule has 1 aliphatic heterocycles. The van der Waals surface area contributed by atoms with Gasteiger partial charge in [-0.1, -0.05) is 24.3 Å². The SMILES string of the molecule is C[C@@H]1C(=O)N(C)CCN1Cc1ccc(-c2nc(-c3ccncc3)cc(=O)[nH]2)cc1. The molecular formula is C22H23N5O2. The highest BCUT2D eigenvalue weighted by molar-refractivity contribution is 5.82. The van der Waals surface area contributed by atoms with Crippen LogP contribution in [0.4, 0.5) is 0 Å². The minimum atomic E-state index is -0.198. The van der Waals surface area contributed by atoms with Crippen LogP contribution in [0.3, 0.4) is 0 Å². The summed E-state index contributed by atoms with van der Waals surface area (Å²) in [5.41, 5.74) is 3.21. The van der Waals surface area contributed by atoms with Gasteiger partial charge in [0.2, 0.25) is 5.91 Å². The van der Waals surface area contributed by atoms with Crippen molar-refractivity contribution in [3.63, 3.8) is 0 Å². The number of hydrogen-bond donors (Lipinski definition) is 1. The zero-order valence-corrected chi connectivity index (χ0v) is 16.5. The molecule has 0 radical (unpaired) electrons. The van der Waals surface area contributed by atoms with Crippen molar-refractivity contribution in [2.24, 2.45) is 0 Å². The van der Waals surface area contributed by atoms with E-state index in [1.54, 1.807) is 17.3 Å². The first-order valence-electron chi connectivity index (χ1n) is 9.61. The molecule has 3 aromatic rings. The monoisotopic (exact) mass is 389 g/mol. The molecule has 1 saturated heterocycles. The number of amides is 1. The molecule has 1 aromatic carbocycles. The summed E-state index contributed by atoms with van der Waals surface area (Å²) < 4.78 is 0. The highest BCUT2D eigenvalue weighted by Crippen LogP contribution is 2.21. The smallest absolute Gasteiger partial charge is 0.251 e. The van der Waals surface area contributed by atoms with E-state index in [2.05, 4.69) is 19.9 Å². The first-order valence-corrected chi connectivity index (χ1v) is 9.61. The molecule has 29 heavy (non-hydrogen) atoms. The van der Waals surface area contributed by atoms with Gasteiger partial charge in [0.25, 0.3) is 5.56 Å². The Hall–Kier alpha value is -3.32. The van der Waals surface area contributed by atoms with Crippen LogP contribution in [0.2, 0.25) is 0 Å². The number of carbonyl (C=O) groups is 1. The number of nitrogens with zero attached hydrogens (tertiary/aromatic N) is 4. The second kappa shape index (κ2) is 7.97. The molecule has 0 saturated carbocycles. The minimum absolute atomic E-state index is 0.122. The van der Waals surface area contributed by atoms with Gasteiger partial charge in [-0.2, -0.15) is 0 Å². The quantitative estimate of drug-likeness (QED) is 0.739. The van der Waals surface area contributed by atoms with Crippen LogP contribution in [0.25, 0.3) is 22.6 Å². The van der Waals surface area contributed by atoms with E-state index < -0.39 is 0 Å². The summed E-state index contributed by atoms with van der Waals surface area (Å²) in [6.07, 6.45) is 3.35. The van der Waals surface area contributed by atoms with Crippen molar-refractivity contribution in [2.75, 3.05) is 20.1 Å². The van der Waals surface area contributed by atoms with Gasteiger partial charge in [-0.3, -0.25) is 19.5 Å². The van der Waals surface area contributed by atoms with Crippen molar-refractivity contribution in [3.05, 3.63) is 70.8 Å². The maximum absolute atomic E-state index is 12.2. The fourth-order valence-electron chi connectivity index (χ4n) is 3.54. The van der Waals surface area contributed by atoms with Crippen LogP contribution in [-0.4, -0.2) is 56.8 Å². The molecule has 7 nitrogen and oxygen atoms in total.